The molecule has 1 unspecified atom stereocenters. The van der Waals surface area contributed by atoms with Crippen LogP contribution in [0.3, 0.4) is 0 Å². The Morgan fingerprint density at radius 1 is 1.50 bits per heavy atom. The van der Waals surface area contributed by atoms with Crippen LogP contribution in [0.25, 0.3) is 0 Å². The predicted molar refractivity (Wildman–Crippen MR) is 93.6 cm³/mol. The topological polar surface area (TPSA) is 156 Å². The number of hydrogen-bond acceptors (Lipinski definition) is 9. The number of ether oxygens (including phenoxy) is 1. The van der Waals surface area contributed by atoms with Gasteiger partial charge in [0.2, 0.25) is 6.04 Å². The van der Waals surface area contributed by atoms with Crippen LogP contribution in [0.5, 0.6) is 0 Å². The molecule has 12 heteroatoms. The number of aliphatic carboxylic acids is 1. The fourth-order valence-electron chi connectivity index (χ4n) is 2.89. The number of furan rings is 1. The molecular weight excluding hydrogens is 394 g/mol. The Bertz CT molecular complexity index is 865. The number of amides is 2. The second kappa shape index (κ2) is 7.84. The fourth-order valence-corrected chi connectivity index (χ4v) is 4.22. The number of carboxylic acid groups (broad SMARTS) is 1. The van der Waals surface area contributed by atoms with E-state index >= 15 is 0 Å². The highest BCUT2D eigenvalue weighted by Gasteiger charge is 2.54. The van der Waals surface area contributed by atoms with Crippen LogP contribution in [0.15, 0.2) is 39.3 Å². The lowest BCUT2D eigenvalue weighted by atomic mass is 10.0. The number of esters is 1. The molecule has 0 radical (unpaired) electrons. The van der Waals surface area contributed by atoms with Crippen LogP contribution in [0, 0.1) is 4.91 Å². The first-order valence-corrected chi connectivity index (χ1v) is 9.09. The summed E-state index contributed by atoms with van der Waals surface area (Å²) in [5, 5.41) is 14.0. The van der Waals surface area contributed by atoms with Crippen molar-refractivity contribution in [2.75, 3.05) is 12.4 Å². The number of fused-ring (bicyclic) bond motifs is 1. The first-order chi connectivity index (χ1) is 13.3. The Labute approximate surface area is 162 Å². The molecule has 1 fully saturated rings. The highest BCUT2D eigenvalue weighted by Crippen LogP contribution is 2.40. The van der Waals surface area contributed by atoms with E-state index in [4.69, 9.17) is 9.15 Å². The van der Waals surface area contributed by atoms with Crippen molar-refractivity contribution in [1.29, 1.82) is 0 Å². The number of hydrogen-bond donors (Lipinski definition) is 2. The van der Waals surface area contributed by atoms with Crippen molar-refractivity contribution in [2.45, 2.75) is 24.4 Å². The van der Waals surface area contributed by atoms with Gasteiger partial charge < -0.3 is 19.6 Å². The summed E-state index contributed by atoms with van der Waals surface area (Å²) in [6, 6.07) is 0.422. The van der Waals surface area contributed by atoms with Crippen molar-refractivity contribution < 1.29 is 33.4 Å². The summed E-state index contributed by atoms with van der Waals surface area (Å²) in [5.41, 5.74) is 0.0155. The van der Waals surface area contributed by atoms with E-state index in [1.54, 1.807) is 0 Å². The molecule has 28 heavy (non-hydrogen) atoms. The largest absolute Gasteiger partial charge is 0.477 e. The predicted octanol–water partition coefficient (Wildman–Crippen LogP) is 0.389. The second-order valence-electron chi connectivity index (χ2n) is 5.96. The maximum absolute atomic E-state index is 12.5. The van der Waals surface area contributed by atoms with Gasteiger partial charge in [0.1, 0.15) is 29.5 Å². The van der Waals surface area contributed by atoms with E-state index in [1.165, 1.54) is 37.1 Å². The summed E-state index contributed by atoms with van der Waals surface area (Å²) in [6.07, 6.45) is 1.28. The van der Waals surface area contributed by atoms with Crippen LogP contribution in [0.4, 0.5) is 0 Å². The molecule has 1 aromatic rings. The summed E-state index contributed by atoms with van der Waals surface area (Å²) in [6.45, 7) is 0.948. The average molecular weight is 409 g/mol. The number of nitroso groups, excluding NO2 is 1. The Balaban J connectivity index is 1.74. The lowest BCUT2D eigenvalue weighted by Gasteiger charge is -2.49. The number of thioether (sulfide) groups is 1. The number of β-lactam (4-membered cyclic amide) rings is 1. The third-order valence-corrected chi connectivity index (χ3v) is 5.50. The minimum absolute atomic E-state index is 0.0298. The highest BCUT2D eigenvalue weighted by atomic mass is 32.2. The molecular formula is C16H15N3O8S. The molecule has 0 bridgehead atoms. The molecule has 1 saturated heterocycles. The third-order valence-electron chi connectivity index (χ3n) is 4.16. The minimum atomic E-state index is -1.46. The summed E-state index contributed by atoms with van der Waals surface area (Å²) in [5.74, 6) is -3.16. The van der Waals surface area contributed by atoms with E-state index in [9.17, 15) is 29.2 Å². The molecule has 0 aromatic carbocycles. The van der Waals surface area contributed by atoms with Crippen molar-refractivity contribution >= 4 is 35.5 Å². The van der Waals surface area contributed by atoms with Crippen LogP contribution < -0.4 is 5.32 Å². The van der Waals surface area contributed by atoms with Gasteiger partial charge in [-0.1, -0.05) is 0 Å². The molecule has 148 valence electrons. The maximum atomic E-state index is 12.5. The lowest BCUT2D eigenvalue weighted by molar-refractivity contribution is -0.151. The summed E-state index contributed by atoms with van der Waals surface area (Å²) in [4.78, 5) is 59.5. The van der Waals surface area contributed by atoms with E-state index in [1.807, 2.05) is 0 Å². The lowest BCUT2D eigenvalue weighted by Crippen LogP contribution is -2.70. The van der Waals surface area contributed by atoms with Gasteiger partial charge in [0.25, 0.3) is 11.8 Å². The van der Waals surface area contributed by atoms with Crippen LogP contribution in [-0.2, 0) is 23.9 Å². The quantitative estimate of drug-likeness (QED) is 0.369. The van der Waals surface area contributed by atoms with Crippen LogP contribution >= 0.6 is 11.8 Å². The molecule has 3 heterocycles. The fraction of sp³-hybridized carbons (Fsp3) is 0.375. The molecule has 2 aliphatic rings. The van der Waals surface area contributed by atoms with Gasteiger partial charge in [-0.25, -0.2) is 4.79 Å². The van der Waals surface area contributed by atoms with Gasteiger partial charge in [-0.05, 0) is 17.3 Å². The maximum Gasteiger partial charge on any atom is 0.352 e. The summed E-state index contributed by atoms with van der Waals surface area (Å²) < 4.78 is 9.85. The molecule has 2 N–H and O–H groups in total. The molecule has 3 atom stereocenters. The summed E-state index contributed by atoms with van der Waals surface area (Å²) >= 11 is 1.21. The molecule has 0 spiro atoms. The molecule has 1 aromatic heterocycles. The molecule has 2 aliphatic heterocycles. The normalized spacial score (nSPS) is 22.0. The number of carboxylic acids is 1. The molecule has 0 saturated carbocycles. The Morgan fingerprint density at radius 3 is 2.82 bits per heavy atom. The zero-order valence-corrected chi connectivity index (χ0v) is 15.3. The van der Waals surface area contributed by atoms with E-state index < -0.39 is 41.2 Å². The van der Waals surface area contributed by atoms with Gasteiger partial charge in [-0.15, -0.1) is 16.7 Å². The number of nitrogens with one attached hydrogen (secondary N) is 1. The van der Waals surface area contributed by atoms with Crippen LogP contribution in [0.2, 0.25) is 0 Å². The van der Waals surface area contributed by atoms with Crippen molar-refractivity contribution in [3.8, 4) is 0 Å². The smallest absolute Gasteiger partial charge is 0.352 e. The Hall–Kier alpha value is -3.15. The van der Waals surface area contributed by atoms with E-state index in [0.29, 0.717) is 0 Å². The Kier molecular flexibility index (Phi) is 5.49. The van der Waals surface area contributed by atoms with Gasteiger partial charge in [-0.3, -0.25) is 19.3 Å². The van der Waals surface area contributed by atoms with Crippen LogP contribution in [-0.4, -0.2) is 57.5 Å². The van der Waals surface area contributed by atoms with Gasteiger partial charge in [-0.2, -0.15) is 0 Å². The second-order valence-corrected chi connectivity index (χ2v) is 7.06. The monoisotopic (exact) mass is 409 g/mol. The molecule has 11 nitrogen and oxygen atoms in total. The first kappa shape index (κ1) is 19.6. The average Bonchev–Trinajstić information content (AvgIpc) is 3.18. The number of carbonyl (C=O) groups excluding carboxylic acids is 3. The van der Waals surface area contributed by atoms with Crippen molar-refractivity contribution in [3.05, 3.63) is 40.3 Å². The van der Waals surface area contributed by atoms with Crippen molar-refractivity contribution in [2.24, 2.45) is 5.18 Å². The van der Waals surface area contributed by atoms with E-state index in [-0.39, 0.29) is 29.4 Å². The number of nitrogens with zero attached hydrogens (tertiary/aromatic N) is 2. The molecule has 3 rings (SSSR count). The number of rotatable bonds is 7. The first-order valence-electron chi connectivity index (χ1n) is 8.04. The Morgan fingerprint density at radius 2 is 2.25 bits per heavy atom. The van der Waals surface area contributed by atoms with Gasteiger partial charge in [0.15, 0.2) is 0 Å². The SMILES string of the molecule is CC(=O)OCC1=C(C(=O)O)N2C(=O)[C@@H](NC(=O)C(N=O)c3ccco3)[C@@H]2SC1. The van der Waals surface area contributed by atoms with Gasteiger partial charge >= 0.3 is 11.9 Å². The van der Waals surface area contributed by atoms with E-state index in [2.05, 4.69) is 10.5 Å². The summed E-state index contributed by atoms with van der Waals surface area (Å²) in [7, 11) is 0. The van der Waals surface area contributed by atoms with Gasteiger partial charge in [0.05, 0.1) is 6.26 Å². The molecule has 0 aliphatic carbocycles. The zero-order valence-electron chi connectivity index (χ0n) is 14.5. The molecule has 2 amide bonds. The minimum Gasteiger partial charge on any atom is -0.477 e. The number of carbonyl (C=O) groups is 4. The van der Waals surface area contributed by atoms with Gasteiger partial charge in [0, 0.05) is 18.2 Å². The van der Waals surface area contributed by atoms with E-state index in [0.717, 1.165) is 4.90 Å². The highest BCUT2D eigenvalue weighted by molar-refractivity contribution is 8.00. The standard InChI is InChI=1S/C16H15N3O8S/c1-7(20)27-5-8-6-28-15-11(14(22)19(15)12(8)16(23)24)17-13(21)10(18-25)9-3-2-4-26-9/h2-4,10-11,15H,5-6H2,1H3,(H,17,21)(H,23,24)/t10?,11-,15+/m1/s1. The van der Waals surface area contributed by atoms with Crippen molar-refractivity contribution in [1.82, 2.24) is 10.2 Å². The third kappa shape index (κ3) is 3.50. The van der Waals surface area contributed by atoms with Crippen LogP contribution in [0.1, 0.15) is 18.7 Å². The zero-order chi connectivity index (χ0) is 20.4. The van der Waals surface area contributed by atoms with Crippen molar-refractivity contribution in [3.63, 3.8) is 0 Å².